The van der Waals surface area contributed by atoms with Crippen molar-refractivity contribution in [1.82, 2.24) is 0 Å². The van der Waals surface area contributed by atoms with Gasteiger partial charge in [0.2, 0.25) is 0 Å². The molecule has 0 amide bonds. The topological polar surface area (TPSA) is 26.0 Å². The molecule has 0 fully saturated rings. The first-order chi connectivity index (χ1) is 4.74. The van der Waals surface area contributed by atoms with Crippen molar-refractivity contribution in [3.05, 3.63) is 29.3 Å². The van der Waals surface area contributed by atoms with Gasteiger partial charge in [-0.2, -0.15) is 0 Å². The van der Waals surface area contributed by atoms with Crippen molar-refractivity contribution in [2.75, 3.05) is 5.73 Å². The van der Waals surface area contributed by atoms with E-state index in [-0.39, 0.29) is 12.4 Å². The van der Waals surface area contributed by atoms with E-state index in [1.54, 1.807) is 0 Å². The molecule has 1 nitrogen and oxygen atoms in total. The van der Waals surface area contributed by atoms with Crippen LogP contribution in [0.15, 0.2) is 18.2 Å². The minimum absolute atomic E-state index is 0. The van der Waals surface area contributed by atoms with Gasteiger partial charge in [-0.3, -0.25) is 0 Å². The zero-order valence-corrected chi connectivity index (χ0v) is 7.74. The van der Waals surface area contributed by atoms with E-state index in [1.165, 1.54) is 11.1 Å². The fourth-order valence-corrected chi connectivity index (χ4v) is 1.04. The lowest BCUT2D eigenvalue weighted by molar-refractivity contribution is 1.14. The Morgan fingerprint density at radius 1 is 1.36 bits per heavy atom. The highest BCUT2D eigenvalue weighted by atomic mass is 35.5. The van der Waals surface area contributed by atoms with E-state index in [9.17, 15) is 0 Å². The summed E-state index contributed by atoms with van der Waals surface area (Å²) in [7, 11) is 0. The van der Waals surface area contributed by atoms with Crippen LogP contribution < -0.4 is 5.73 Å². The Morgan fingerprint density at radius 2 is 2.00 bits per heavy atom. The molecular weight excluding hydrogens is 158 g/mol. The van der Waals surface area contributed by atoms with E-state index >= 15 is 0 Å². The van der Waals surface area contributed by atoms with E-state index in [0.717, 1.165) is 12.1 Å². The Bertz CT molecular complexity index is 233. The van der Waals surface area contributed by atoms with Crippen molar-refractivity contribution < 1.29 is 0 Å². The zero-order chi connectivity index (χ0) is 7.56. The molecule has 0 unspecified atom stereocenters. The predicted octanol–water partition coefficient (Wildman–Crippen LogP) is 2.56. The van der Waals surface area contributed by atoms with Crippen molar-refractivity contribution in [2.45, 2.75) is 20.3 Å². The summed E-state index contributed by atoms with van der Waals surface area (Å²) in [4.78, 5) is 0. The first kappa shape index (κ1) is 10.3. The van der Waals surface area contributed by atoms with Gasteiger partial charge in [0.25, 0.3) is 0 Å². The number of rotatable bonds is 1. The quantitative estimate of drug-likeness (QED) is 0.646. The van der Waals surface area contributed by atoms with Crippen LogP contribution in [0.4, 0.5) is 5.69 Å². The molecule has 11 heavy (non-hydrogen) atoms. The molecule has 0 bridgehead atoms. The van der Waals surface area contributed by atoms with Crippen LogP contribution in [0.25, 0.3) is 0 Å². The summed E-state index contributed by atoms with van der Waals surface area (Å²) in [6, 6.07) is 6.19. The molecule has 1 aromatic carbocycles. The summed E-state index contributed by atoms with van der Waals surface area (Å²) < 4.78 is 0. The molecule has 2 heteroatoms. The van der Waals surface area contributed by atoms with E-state index in [2.05, 4.69) is 26.0 Å². The Labute approximate surface area is 74.0 Å². The second-order valence-electron chi connectivity index (χ2n) is 2.56. The minimum atomic E-state index is 0. The number of halogens is 1. The summed E-state index contributed by atoms with van der Waals surface area (Å²) in [6.45, 7) is 4.16. The lowest BCUT2D eigenvalue weighted by Gasteiger charge is -2.01. The van der Waals surface area contributed by atoms with Gasteiger partial charge < -0.3 is 5.73 Å². The van der Waals surface area contributed by atoms with Gasteiger partial charge in [-0.15, -0.1) is 12.4 Å². The molecule has 2 N–H and O–H groups in total. The van der Waals surface area contributed by atoms with Gasteiger partial charge >= 0.3 is 0 Å². The van der Waals surface area contributed by atoms with Crippen molar-refractivity contribution >= 4 is 18.1 Å². The van der Waals surface area contributed by atoms with E-state index in [1.807, 2.05) is 6.07 Å². The lowest BCUT2D eigenvalue weighted by Crippen LogP contribution is -1.92. The van der Waals surface area contributed by atoms with Crippen molar-refractivity contribution in [3.8, 4) is 0 Å². The van der Waals surface area contributed by atoms with Gasteiger partial charge in [0.1, 0.15) is 0 Å². The second-order valence-corrected chi connectivity index (χ2v) is 2.56. The molecule has 0 aromatic heterocycles. The highest BCUT2D eigenvalue weighted by Crippen LogP contribution is 2.13. The standard InChI is InChI=1S/C9H13N.ClH/c1-3-8-5-4-7(2)6-9(8)10;/h4-6H,3,10H2,1-2H3;1H. The van der Waals surface area contributed by atoms with Gasteiger partial charge in [-0.1, -0.05) is 19.1 Å². The molecule has 0 heterocycles. The summed E-state index contributed by atoms with van der Waals surface area (Å²) in [5.74, 6) is 0. The summed E-state index contributed by atoms with van der Waals surface area (Å²) in [5.41, 5.74) is 9.12. The van der Waals surface area contributed by atoms with Gasteiger partial charge in [0.15, 0.2) is 0 Å². The molecule has 0 spiro atoms. The highest BCUT2D eigenvalue weighted by Gasteiger charge is 1.93. The molecule has 0 aliphatic heterocycles. The Morgan fingerprint density at radius 3 is 2.45 bits per heavy atom. The van der Waals surface area contributed by atoms with Crippen LogP contribution in [0, 0.1) is 6.92 Å². The maximum absolute atomic E-state index is 5.73. The number of aryl methyl sites for hydroxylation is 2. The monoisotopic (exact) mass is 171 g/mol. The molecular formula is C9H14ClN. The fourth-order valence-electron chi connectivity index (χ4n) is 1.04. The third kappa shape index (κ3) is 2.43. The molecule has 0 saturated carbocycles. The summed E-state index contributed by atoms with van der Waals surface area (Å²) >= 11 is 0. The number of hydrogen-bond donors (Lipinski definition) is 1. The first-order valence-electron chi connectivity index (χ1n) is 3.59. The normalized spacial score (nSPS) is 8.91. The number of benzene rings is 1. The third-order valence-electron chi connectivity index (χ3n) is 1.68. The summed E-state index contributed by atoms with van der Waals surface area (Å²) in [6.07, 6.45) is 1.02. The average molecular weight is 172 g/mol. The number of nitrogens with two attached hydrogens (primary N) is 1. The van der Waals surface area contributed by atoms with Crippen molar-refractivity contribution in [1.29, 1.82) is 0 Å². The number of anilines is 1. The largest absolute Gasteiger partial charge is 0.398 e. The predicted molar refractivity (Wildman–Crippen MR) is 52.2 cm³/mol. The third-order valence-corrected chi connectivity index (χ3v) is 1.68. The van der Waals surface area contributed by atoms with E-state index in [0.29, 0.717) is 0 Å². The van der Waals surface area contributed by atoms with Crippen LogP contribution in [0.3, 0.4) is 0 Å². The van der Waals surface area contributed by atoms with Gasteiger partial charge in [-0.25, -0.2) is 0 Å². The van der Waals surface area contributed by atoms with E-state index in [4.69, 9.17) is 5.73 Å². The fraction of sp³-hybridized carbons (Fsp3) is 0.333. The Balaban J connectivity index is 0.000001000. The first-order valence-corrected chi connectivity index (χ1v) is 3.59. The zero-order valence-electron chi connectivity index (χ0n) is 6.92. The molecule has 0 atom stereocenters. The van der Waals surface area contributed by atoms with Crippen molar-refractivity contribution in [2.24, 2.45) is 0 Å². The molecule has 62 valence electrons. The van der Waals surface area contributed by atoms with Gasteiger partial charge in [0, 0.05) is 5.69 Å². The maximum atomic E-state index is 5.73. The van der Waals surface area contributed by atoms with Crippen LogP contribution in [0.5, 0.6) is 0 Å². The number of nitrogen functional groups attached to an aromatic ring is 1. The second kappa shape index (κ2) is 4.24. The van der Waals surface area contributed by atoms with Crippen LogP contribution in [0.1, 0.15) is 18.1 Å². The SMILES string of the molecule is CCc1ccc(C)cc1N.Cl. The molecule has 0 saturated heterocycles. The van der Waals surface area contributed by atoms with Gasteiger partial charge in [-0.05, 0) is 30.5 Å². The van der Waals surface area contributed by atoms with Crippen LogP contribution in [-0.2, 0) is 6.42 Å². The van der Waals surface area contributed by atoms with Crippen LogP contribution in [-0.4, -0.2) is 0 Å². The molecule has 1 rings (SSSR count). The van der Waals surface area contributed by atoms with E-state index < -0.39 is 0 Å². The molecule has 1 aromatic rings. The van der Waals surface area contributed by atoms with Crippen molar-refractivity contribution in [3.63, 3.8) is 0 Å². The number of hydrogen-bond acceptors (Lipinski definition) is 1. The Kier molecular flexibility index (Phi) is 3.98. The van der Waals surface area contributed by atoms with Gasteiger partial charge in [0.05, 0.1) is 0 Å². The van der Waals surface area contributed by atoms with Crippen LogP contribution in [0.2, 0.25) is 0 Å². The maximum Gasteiger partial charge on any atom is 0.0349 e. The Hall–Kier alpha value is -0.690. The smallest absolute Gasteiger partial charge is 0.0349 e. The lowest BCUT2D eigenvalue weighted by atomic mass is 10.1. The summed E-state index contributed by atoms with van der Waals surface area (Å²) in [5, 5.41) is 0. The minimum Gasteiger partial charge on any atom is -0.398 e. The average Bonchev–Trinajstić information content (AvgIpc) is 1.88. The van der Waals surface area contributed by atoms with Crippen LogP contribution >= 0.6 is 12.4 Å². The molecule has 0 radical (unpaired) electrons. The molecule has 0 aliphatic rings. The highest BCUT2D eigenvalue weighted by molar-refractivity contribution is 5.85. The molecule has 0 aliphatic carbocycles.